The highest BCUT2D eigenvalue weighted by Crippen LogP contribution is 2.24. The molecule has 0 saturated carbocycles. The van der Waals surface area contributed by atoms with Crippen LogP contribution in [0.15, 0.2) is 90.3 Å². The Hall–Kier alpha value is -3.97. The Morgan fingerprint density at radius 1 is 0.906 bits per heavy atom. The van der Waals surface area contributed by atoms with E-state index in [0.717, 1.165) is 11.4 Å². The third kappa shape index (κ3) is 5.39. The molecule has 1 N–H and O–H groups in total. The molecular formula is C25H21N3O3S. The van der Waals surface area contributed by atoms with Crippen LogP contribution in [0.4, 0.5) is 10.8 Å². The van der Waals surface area contributed by atoms with Crippen LogP contribution >= 0.6 is 11.3 Å². The van der Waals surface area contributed by atoms with E-state index in [1.165, 1.54) is 11.3 Å². The normalized spacial score (nSPS) is 10.4. The maximum Gasteiger partial charge on any atom is 0.257 e. The molecule has 32 heavy (non-hydrogen) atoms. The summed E-state index contributed by atoms with van der Waals surface area (Å²) in [6, 6.07) is 25.8. The van der Waals surface area contributed by atoms with Gasteiger partial charge in [-0.3, -0.25) is 14.9 Å². The largest absolute Gasteiger partial charge is 0.457 e. The van der Waals surface area contributed by atoms with Crippen molar-refractivity contribution in [3.63, 3.8) is 0 Å². The van der Waals surface area contributed by atoms with Gasteiger partial charge in [-0.1, -0.05) is 36.4 Å². The Balaban J connectivity index is 1.34. The number of aromatic nitrogens is 1. The minimum atomic E-state index is -0.229. The molecule has 0 atom stereocenters. The van der Waals surface area contributed by atoms with Crippen LogP contribution in [0, 0.1) is 0 Å². The Labute approximate surface area is 190 Å². The molecule has 0 aliphatic rings. The van der Waals surface area contributed by atoms with E-state index in [1.54, 1.807) is 41.6 Å². The number of thiazole rings is 1. The zero-order valence-electron chi connectivity index (χ0n) is 17.4. The number of nitrogens with zero attached hydrogens (tertiary/aromatic N) is 2. The minimum Gasteiger partial charge on any atom is -0.457 e. The summed E-state index contributed by atoms with van der Waals surface area (Å²) in [6.07, 6.45) is 0.135. The molecule has 3 aromatic carbocycles. The Morgan fingerprint density at radius 3 is 2.22 bits per heavy atom. The number of hydrogen-bond donors (Lipinski definition) is 1. The predicted octanol–water partition coefficient (Wildman–Crippen LogP) is 5.39. The van der Waals surface area contributed by atoms with Crippen molar-refractivity contribution in [3.05, 3.63) is 102 Å². The van der Waals surface area contributed by atoms with Crippen molar-refractivity contribution in [2.75, 3.05) is 17.3 Å². The topological polar surface area (TPSA) is 71.5 Å². The fraction of sp³-hybridized carbons (Fsp3) is 0.0800. The van der Waals surface area contributed by atoms with E-state index < -0.39 is 0 Å². The van der Waals surface area contributed by atoms with Crippen LogP contribution in [0.5, 0.6) is 11.5 Å². The number of anilines is 2. The first-order valence-electron chi connectivity index (χ1n) is 9.99. The summed E-state index contributed by atoms with van der Waals surface area (Å²) < 4.78 is 5.79. The molecule has 4 rings (SSSR count). The van der Waals surface area contributed by atoms with Crippen molar-refractivity contribution in [1.82, 2.24) is 4.98 Å². The van der Waals surface area contributed by atoms with Crippen LogP contribution in [0.25, 0.3) is 0 Å². The first kappa shape index (κ1) is 21.3. The zero-order valence-corrected chi connectivity index (χ0v) is 18.2. The van der Waals surface area contributed by atoms with Crippen molar-refractivity contribution < 1.29 is 14.3 Å². The molecule has 0 unspecified atom stereocenters. The summed E-state index contributed by atoms with van der Waals surface area (Å²) >= 11 is 1.29. The van der Waals surface area contributed by atoms with E-state index in [0.29, 0.717) is 22.1 Å². The molecule has 0 fully saturated rings. The molecule has 0 aliphatic carbocycles. The molecule has 2 amide bonds. The predicted molar refractivity (Wildman–Crippen MR) is 127 cm³/mol. The molecule has 0 saturated heterocycles. The fourth-order valence-electron chi connectivity index (χ4n) is 2.98. The number of benzene rings is 3. The van der Waals surface area contributed by atoms with E-state index in [4.69, 9.17) is 4.74 Å². The van der Waals surface area contributed by atoms with Crippen LogP contribution in [-0.4, -0.2) is 23.8 Å². The maximum atomic E-state index is 12.7. The minimum absolute atomic E-state index is 0.104. The molecule has 4 aromatic rings. The number of ether oxygens (including phenoxy) is 1. The SMILES string of the molecule is CN(C(=O)Cc1csc(NC(=O)c2ccccc2)n1)c1ccc(Oc2ccccc2)cc1. The number of rotatable bonds is 7. The summed E-state index contributed by atoms with van der Waals surface area (Å²) in [5, 5.41) is 5.01. The molecule has 0 spiro atoms. The lowest BCUT2D eigenvalue weighted by atomic mass is 10.2. The van der Waals surface area contributed by atoms with Gasteiger partial charge in [-0.2, -0.15) is 0 Å². The zero-order chi connectivity index (χ0) is 22.3. The number of amides is 2. The monoisotopic (exact) mass is 443 g/mol. The number of hydrogen-bond acceptors (Lipinski definition) is 5. The van der Waals surface area contributed by atoms with Crippen molar-refractivity contribution in [2.45, 2.75) is 6.42 Å². The third-order valence-electron chi connectivity index (χ3n) is 4.72. The second-order valence-corrected chi connectivity index (χ2v) is 7.86. The van der Waals surface area contributed by atoms with Crippen LogP contribution in [0.3, 0.4) is 0 Å². The highest BCUT2D eigenvalue weighted by atomic mass is 32.1. The van der Waals surface area contributed by atoms with E-state index in [-0.39, 0.29) is 18.2 Å². The van der Waals surface area contributed by atoms with E-state index in [1.807, 2.05) is 60.7 Å². The van der Waals surface area contributed by atoms with Gasteiger partial charge in [0.25, 0.3) is 5.91 Å². The van der Waals surface area contributed by atoms with Crippen LogP contribution in [0.1, 0.15) is 16.1 Å². The smallest absolute Gasteiger partial charge is 0.257 e. The van der Waals surface area contributed by atoms with Crippen molar-refractivity contribution in [3.8, 4) is 11.5 Å². The van der Waals surface area contributed by atoms with Crippen molar-refractivity contribution in [2.24, 2.45) is 0 Å². The first-order valence-corrected chi connectivity index (χ1v) is 10.9. The molecule has 1 aromatic heterocycles. The average molecular weight is 444 g/mol. The van der Waals surface area contributed by atoms with Gasteiger partial charge in [0.05, 0.1) is 12.1 Å². The second kappa shape index (κ2) is 9.89. The van der Waals surface area contributed by atoms with Crippen LogP contribution in [0.2, 0.25) is 0 Å². The quantitative estimate of drug-likeness (QED) is 0.416. The number of carbonyl (C=O) groups excluding carboxylic acids is 2. The van der Waals surface area contributed by atoms with E-state index in [2.05, 4.69) is 10.3 Å². The number of nitrogens with one attached hydrogen (secondary N) is 1. The highest BCUT2D eigenvalue weighted by molar-refractivity contribution is 7.14. The third-order valence-corrected chi connectivity index (χ3v) is 5.52. The van der Waals surface area contributed by atoms with Gasteiger partial charge in [0, 0.05) is 23.7 Å². The summed E-state index contributed by atoms with van der Waals surface area (Å²) in [4.78, 5) is 30.9. The summed E-state index contributed by atoms with van der Waals surface area (Å²) in [5.41, 5.74) is 1.92. The molecule has 0 radical (unpaired) electrons. The number of carbonyl (C=O) groups is 2. The summed E-state index contributed by atoms with van der Waals surface area (Å²) in [7, 11) is 1.72. The van der Waals surface area contributed by atoms with Crippen LogP contribution < -0.4 is 15.0 Å². The van der Waals surface area contributed by atoms with E-state index in [9.17, 15) is 9.59 Å². The molecule has 0 bridgehead atoms. The van der Waals surface area contributed by atoms with Crippen molar-refractivity contribution >= 4 is 34.0 Å². The van der Waals surface area contributed by atoms with Gasteiger partial charge in [-0.25, -0.2) is 4.98 Å². The Morgan fingerprint density at radius 2 is 1.53 bits per heavy atom. The molecule has 0 aliphatic heterocycles. The summed E-state index contributed by atoms with van der Waals surface area (Å²) in [5.74, 6) is 1.11. The maximum absolute atomic E-state index is 12.7. The summed E-state index contributed by atoms with van der Waals surface area (Å²) in [6.45, 7) is 0. The standard InChI is InChI=1S/C25H21N3O3S/c1-28(20-12-14-22(15-13-20)31-21-10-6-3-7-11-21)23(29)16-19-17-32-25(26-19)27-24(30)18-8-4-2-5-9-18/h2-15,17H,16H2,1H3,(H,26,27,30). The lowest BCUT2D eigenvalue weighted by molar-refractivity contribution is -0.117. The van der Waals surface area contributed by atoms with Gasteiger partial charge in [0.15, 0.2) is 5.13 Å². The highest BCUT2D eigenvalue weighted by Gasteiger charge is 2.15. The molecule has 6 nitrogen and oxygen atoms in total. The molecule has 7 heteroatoms. The number of likely N-dealkylation sites (N-methyl/N-ethyl adjacent to an activating group) is 1. The average Bonchev–Trinajstić information content (AvgIpc) is 3.27. The number of para-hydroxylation sites is 1. The van der Waals surface area contributed by atoms with Gasteiger partial charge >= 0.3 is 0 Å². The van der Waals surface area contributed by atoms with Gasteiger partial charge in [-0.05, 0) is 48.5 Å². The van der Waals surface area contributed by atoms with E-state index >= 15 is 0 Å². The molecule has 1 heterocycles. The second-order valence-electron chi connectivity index (χ2n) is 7.00. The fourth-order valence-corrected chi connectivity index (χ4v) is 3.69. The Bertz CT molecular complexity index is 1190. The molecular weight excluding hydrogens is 422 g/mol. The van der Waals surface area contributed by atoms with Gasteiger partial charge in [0.1, 0.15) is 11.5 Å². The Kier molecular flexibility index (Phi) is 6.57. The molecule has 160 valence electrons. The van der Waals surface area contributed by atoms with Crippen LogP contribution in [-0.2, 0) is 11.2 Å². The lowest BCUT2D eigenvalue weighted by Gasteiger charge is -2.17. The van der Waals surface area contributed by atoms with Gasteiger partial charge < -0.3 is 9.64 Å². The van der Waals surface area contributed by atoms with Gasteiger partial charge in [0.2, 0.25) is 5.91 Å². The van der Waals surface area contributed by atoms with Crippen molar-refractivity contribution in [1.29, 1.82) is 0 Å². The lowest BCUT2D eigenvalue weighted by Crippen LogP contribution is -2.27. The first-order chi connectivity index (χ1) is 15.6. The van der Waals surface area contributed by atoms with Gasteiger partial charge in [-0.15, -0.1) is 11.3 Å².